The molecule has 0 spiro atoms. The Morgan fingerprint density at radius 2 is 1.09 bits per heavy atom. The molecule has 0 aliphatic heterocycles. The minimum atomic E-state index is -1.20. The summed E-state index contributed by atoms with van der Waals surface area (Å²) in [6.45, 7) is -0.0185. The van der Waals surface area contributed by atoms with Crippen LogP contribution in [0.15, 0.2) is 48.0 Å². The van der Waals surface area contributed by atoms with Crippen LogP contribution in [0.3, 0.4) is 0 Å². The van der Waals surface area contributed by atoms with Crippen LogP contribution < -0.4 is 18.9 Å². The maximum absolute atomic E-state index is 12.2. The third kappa shape index (κ3) is 12.3. The van der Waals surface area contributed by atoms with Gasteiger partial charge in [-0.1, -0.05) is 12.1 Å². The van der Waals surface area contributed by atoms with Crippen LogP contribution in [0.4, 0.5) is 19.2 Å². The van der Waals surface area contributed by atoms with Crippen molar-refractivity contribution in [3.05, 3.63) is 59.2 Å². The van der Waals surface area contributed by atoms with Crippen LogP contribution in [0.25, 0.3) is 12.2 Å². The summed E-state index contributed by atoms with van der Waals surface area (Å²) < 4.78 is 42.7. The Bertz CT molecular complexity index is 1490. The molecule has 0 saturated carbocycles. The molecular formula is C30H30O16. The van der Waals surface area contributed by atoms with Gasteiger partial charge in [-0.25, -0.2) is 28.8 Å². The number of methoxy groups -OCH3 is 4. The number of ether oxygens (including phenoxy) is 9. The number of hydrogen-bond acceptors (Lipinski definition) is 15. The molecule has 0 radical (unpaired) electrons. The molecular weight excluding hydrogens is 616 g/mol. The lowest BCUT2D eigenvalue weighted by molar-refractivity contribution is -0.138. The summed E-state index contributed by atoms with van der Waals surface area (Å²) in [6.07, 6.45) is 0.276. The summed E-state index contributed by atoms with van der Waals surface area (Å²) >= 11 is 0. The Balaban J connectivity index is 1.99. The van der Waals surface area contributed by atoms with Gasteiger partial charge in [-0.15, -0.1) is 0 Å². The average Bonchev–Trinajstić information content (AvgIpc) is 3.04. The maximum atomic E-state index is 12.2. The molecule has 2 rings (SSSR count). The highest BCUT2D eigenvalue weighted by molar-refractivity contribution is 5.92. The highest BCUT2D eigenvalue weighted by Crippen LogP contribution is 2.31. The zero-order valence-electron chi connectivity index (χ0n) is 25.1. The van der Waals surface area contributed by atoms with Crippen molar-refractivity contribution in [3.8, 4) is 23.0 Å². The van der Waals surface area contributed by atoms with Gasteiger partial charge in [-0.3, -0.25) is 0 Å². The SMILES string of the molecule is COC(=O)Oc1ccc(/C=C(/CCCCOC(=O)/C=C/c2ccc(OC(=O)OC)c(OC(=O)OC)c2)C(=O)O)cc1OC(=O)OC. The van der Waals surface area contributed by atoms with E-state index in [9.17, 15) is 33.9 Å². The molecule has 0 saturated heterocycles. The molecule has 0 bridgehead atoms. The van der Waals surface area contributed by atoms with Gasteiger partial charge in [-0.2, -0.15) is 0 Å². The Labute approximate surface area is 261 Å². The fourth-order valence-corrected chi connectivity index (χ4v) is 3.34. The first-order valence-corrected chi connectivity index (χ1v) is 13.1. The Morgan fingerprint density at radius 3 is 1.57 bits per heavy atom. The molecule has 2 aromatic rings. The summed E-state index contributed by atoms with van der Waals surface area (Å²) in [5.41, 5.74) is 0.700. The predicted octanol–water partition coefficient (Wildman–Crippen LogP) is 5.16. The molecule has 0 aliphatic carbocycles. The number of carboxylic acid groups (broad SMARTS) is 1. The van der Waals surface area contributed by atoms with Gasteiger partial charge in [-0.05, 0) is 66.8 Å². The van der Waals surface area contributed by atoms with Crippen molar-refractivity contribution < 1.29 is 76.5 Å². The van der Waals surface area contributed by atoms with Gasteiger partial charge in [0.1, 0.15) is 0 Å². The van der Waals surface area contributed by atoms with Gasteiger partial charge in [0.15, 0.2) is 23.0 Å². The van der Waals surface area contributed by atoms with Gasteiger partial charge in [0.05, 0.1) is 35.0 Å². The van der Waals surface area contributed by atoms with Crippen molar-refractivity contribution in [3.63, 3.8) is 0 Å². The van der Waals surface area contributed by atoms with Crippen molar-refractivity contribution in [2.24, 2.45) is 0 Å². The topological polar surface area (TPSA) is 206 Å². The van der Waals surface area contributed by atoms with Crippen LogP contribution in [0.5, 0.6) is 23.0 Å². The monoisotopic (exact) mass is 646 g/mol. The second-order valence-electron chi connectivity index (χ2n) is 8.57. The molecule has 0 heterocycles. The minimum Gasteiger partial charge on any atom is -0.478 e. The van der Waals surface area contributed by atoms with Gasteiger partial charge in [0.2, 0.25) is 0 Å². The third-order valence-corrected chi connectivity index (χ3v) is 5.49. The number of hydrogen-bond donors (Lipinski definition) is 1. The first kappa shape index (κ1) is 36.1. The highest BCUT2D eigenvalue weighted by Gasteiger charge is 2.17. The molecule has 0 atom stereocenters. The number of carboxylic acids is 1. The van der Waals surface area contributed by atoms with Crippen LogP contribution in [-0.4, -0.2) is 76.7 Å². The predicted molar refractivity (Wildman–Crippen MR) is 154 cm³/mol. The van der Waals surface area contributed by atoms with E-state index in [2.05, 4.69) is 18.9 Å². The number of benzene rings is 2. The maximum Gasteiger partial charge on any atom is 0.513 e. The lowest BCUT2D eigenvalue weighted by Crippen LogP contribution is -2.12. The van der Waals surface area contributed by atoms with Crippen molar-refractivity contribution in [2.75, 3.05) is 35.0 Å². The van der Waals surface area contributed by atoms with E-state index in [1.807, 2.05) is 0 Å². The summed E-state index contributed by atoms with van der Waals surface area (Å²) in [5.74, 6) is -2.59. The molecule has 246 valence electrons. The number of carbonyl (C=O) groups excluding carboxylic acids is 5. The van der Waals surface area contributed by atoms with Gasteiger partial charge < -0.3 is 47.7 Å². The van der Waals surface area contributed by atoms with Crippen LogP contribution >= 0.6 is 0 Å². The summed E-state index contributed by atoms with van der Waals surface area (Å²) in [7, 11) is 4.35. The van der Waals surface area contributed by atoms with Crippen molar-refractivity contribution in [2.45, 2.75) is 19.3 Å². The Kier molecular flexibility index (Phi) is 14.6. The zero-order valence-corrected chi connectivity index (χ0v) is 25.1. The minimum absolute atomic E-state index is 0.00137. The first-order valence-electron chi connectivity index (χ1n) is 13.1. The fourth-order valence-electron chi connectivity index (χ4n) is 3.34. The molecule has 0 aromatic heterocycles. The standard InChI is InChI=1S/C30H30O16/c1-38-27(34)43-21-11-8-18(16-23(21)45-29(36)40-3)10-13-25(31)42-14-6-5-7-20(26(32)33)15-19-9-12-22(44-28(35)39-2)24(17-19)46-30(37)41-4/h8-13,15-17H,5-7,14H2,1-4H3,(H,32,33)/b13-10+,20-15-. The van der Waals surface area contributed by atoms with E-state index in [1.165, 1.54) is 48.6 Å². The quantitative estimate of drug-likeness (QED) is 0.0980. The van der Waals surface area contributed by atoms with E-state index in [-0.39, 0.29) is 41.6 Å². The Hall–Kier alpha value is -6.06. The third-order valence-electron chi connectivity index (χ3n) is 5.49. The molecule has 0 unspecified atom stereocenters. The van der Waals surface area contributed by atoms with Crippen LogP contribution in [0, 0.1) is 0 Å². The number of aliphatic carboxylic acids is 1. The number of esters is 1. The molecule has 0 fully saturated rings. The summed E-state index contributed by atoms with van der Waals surface area (Å²) in [6, 6.07) is 8.08. The van der Waals surface area contributed by atoms with E-state index in [0.29, 0.717) is 24.0 Å². The van der Waals surface area contributed by atoms with Crippen LogP contribution in [0.1, 0.15) is 30.4 Å². The summed E-state index contributed by atoms with van der Waals surface area (Å²) in [4.78, 5) is 70.1. The second-order valence-corrected chi connectivity index (χ2v) is 8.57. The molecule has 2 aromatic carbocycles. The van der Waals surface area contributed by atoms with E-state index < -0.39 is 36.6 Å². The fraction of sp³-hybridized carbons (Fsp3) is 0.267. The largest absolute Gasteiger partial charge is 0.513 e. The van der Waals surface area contributed by atoms with Gasteiger partial charge in [0, 0.05) is 11.6 Å². The van der Waals surface area contributed by atoms with Crippen molar-refractivity contribution in [1.29, 1.82) is 0 Å². The van der Waals surface area contributed by atoms with E-state index in [4.69, 9.17) is 23.7 Å². The lowest BCUT2D eigenvalue weighted by atomic mass is 10.0. The van der Waals surface area contributed by atoms with Gasteiger partial charge in [0.25, 0.3) is 0 Å². The highest BCUT2D eigenvalue weighted by atomic mass is 16.8. The second kappa shape index (κ2) is 18.6. The van der Waals surface area contributed by atoms with Crippen molar-refractivity contribution in [1.82, 2.24) is 0 Å². The molecule has 0 aliphatic rings. The number of rotatable bonds is 13. The van der Waals surface area contributed by atoms with Gasteiger partial charge >= 0.3 is 36.6 Å². The van der Waals surface area contributed by atoms with Crippen LogP contribution in [-0.2, 0) is 33.3 Å². The molecule has 16 heteroatoms. The summed E-state index contributed by atoms with van der Waals surface area (Å²) in [5, 5.41) is 9.65. The van der Waals surface area contributed by atoms with E-state index in [1.54, 1.807) is 0 Å². The van der Waals surface area contributed by atoms with Crippen molar-refractivity contribution >= 4 is 48.7 Å². The normalized spacial score (nSPS) is 10.7. The first-order chi connectivity index (χ1) is 22.0. The average molecular weight is 647 g/mol. The van der Waals surface area contributed by atoms with E-state index >= 15 is 0 Å². The molecule has 16 nitrogen and oxygen atoms in total. The van der Waals surface area contributed by atoms with Crippen LogP contribution in [0.2, 0.25) is 0 Å². The molecule has 0 amide bonds. The zero-order chi connectivity index (χ0) is 34.1. The smallest absolute Gasteiger partial charge is 0.478 e. The lowest BCUT2D eigenvalue weighted by Gasteiger charge is -2.10. The number of unbranched alkanes of at least 4 members (excludes halogenated alkanes) is 1. The molecule has 46 heavy (non-hydrogen) atoms. The Morgan fingerprint density at radius 1 is 0.630 bits per heavy atom. The van der Waals surface area contributed by atoms with E-state index in [0.717, 1.165) is 34.5 Å². The molecule has 1 N–H and O–H groups in total. The number of carbonyl (C=O) groups is 6.